The molecule has 1 amide bonds. The predicted molar refractivity (Wildman–Crippen MR) is 79.4 cm³/mol. The summed E-state index contributed by atoms with van der Waals surface area (Å²) >= 11 is 0. The first-order chi connectivity index (χ1) is 9.79. The summed E-state index contributed by atoms with van der Waals surface area (Å²) in [5.74, 6) is 0.207. The van der Waals surface area contributed by atoms with Crippen LogP contribution in [0.4, 0.5) is 0 Å². The van der Waals surface area contributed by atoms with E-state index >= 15 is 0 Å². The van der Waals surface area contributed by atoms with Crippen molar-refractivity contribution in [2.75, 3.05) is 26.3 Å². The Kier molecular flexibility index (Phi) is 6.02. The fourth-order valence-electron chi connectivity index (χ4n) is 2.46. The molecule has 1 aromatic rings. The number of morpholine rings is 1. The highest BCUT2D eigenvalue weighted by Crippen LogP contribution is 2.09. The molecule has 0 aromatic heterocycles. The Morgan fingerprint density at radius 2 is 2.20 bits per heavy atom. The van der Waals surface area contributed by atoms with Gasteiger partial charge < -0.3 is 15.0 Å². The first kappa shape index (κ1) is 15.0. The van der Waals surface area contributed by atoms with Gasteiger partial charge in [0.1, 0.15) is 0 Å². The highest BCUT2D eigenvalue weighted by atomic mass is 16.5. The fraction of sp³-hybridized carbons (Fsp3) is 0.562. The number of amides is 1. The molecular formula is C16H24N2O2. The van der Waals surface area contributed by atoms with Gasteiger partial charge >= 0.3 is 0 Å². The van der Waals surface area contributed by atoms with Gasteiger partial charge in [0.25, 0.3) is 0 Å². The third-order valence-corrected chi connectivity index (χ3v) is 3.48. The molecule has 20 heavy (non-hydrogen) atoms. The Morgan fingerprint density at radius 1 is 1.40 bits per heavy atom. The molecule has 110 valence electrons. The maximum atomic E-state index is 12.4. The van der Waals surface area contributed by atoms with Gasteiger partial charge in [0, 0.05) is 32.1 Å². The van der Waals surface area contributed by atoms with E-state index in [2.05, 4.69) is 24.4 Å². The topological polar surface area (TPSA) is 41.6 Å². The molecule has 1 N–H and O–H groups in total. The van der Waals surface area contributed by atoms with Gasteiger partial charge in [0.15, 0.2) is 0 Å². The third-order valence-electron chi connectivity index (χ3n) is 3.48. The molecule has 0 radical (unpaired) electrons. The van der Waals surface area contributed by atoms with Crippen LogP contribution in [0.3, 0.4) is 0 Å². The number of nitrogens with zero attached hydrogens (tertiary/aromatic N) is 1. The standard InChI is InChI=1S/C16H24N2O2/c1-2-9-18(12-14-6-4-3-5-7-14)16(19)11-15-13-20-10-8-17-15/h3-7,15,17H,2,8-13H2,1H3. The number of benzene rings is 1. The molecule has 1 atom stereocenters. The van der Waals surface area contributed by atoms with E-state index in [1.807, 2.05) is 23.1 Å². The van der Waals surface area contributed by atoms with Crippen molar-refractivity contribution >= 4 is 5.91 Å². The second-order valence-electron chi connectivity index (χ2n) is 5.23. The van der Waals surface area contributed by atoms with Crippen LogP contribution in [0.25, 0.3) is 0 Å². The molecular weight excluding hydrogens is 252 g/mol. The minimum atomic E-state index is 0.159. The van der Waals surface area contributed by atoms with Gasteiger partial charge in [-0.15, -0.1) is 0 Å². The first-order valence-corrected chi connectivity index (χ1v) is 7.42. The summed E-state index contributed by atoms with van der Waals surface area (Å²) in [6, 6.07) is 10.3. The lowest BCUT2D eigenvalue weighted by atomic mass is 10.1. The Labute approximate surface area is 121 Å². The van der Waals surface area contributed by atoms with Crippen LogP contribution in [0.15, 0.2) is 30.3 Å². The highest BCUT2D eigenvalue weighted by molar-refractivity contribution is 5.76. The Bertz CT molecular complexity index is 402. The minimum Gasteiger partial charge on any atom is -0.378 e. The second kappa shape index (κ2) is 8.02. The van der Waals surface area contributed by atoms with E-state index in [9.17, 15) is 4.79 Å². The van der Waals surface area contributed by atoms with Crippen LogP contribution in [0.5, 0.6) is 0 Å². The summed E-state index contributed by atoms with van der Waals surface area (Å²) in [5, 5.41) is 3.34. The smallest absolute Gasteiger partial charge is 0.224 e. The van der Waals surface area contributed by atoms with Gasteiger partial charge in [-0.3, -0.25) is 4.79 Å². The molecule has 0 bridgehead atoms. The van der Waals surface area contributed by atoms with E-state index < -0.39 is 0 Å². The predicted octanol–water partition coefficient (Wildman–Crippen LogP) is 1.80. The van der Waals surface area contributed by atoms with Crippen molar-refractivity contribution < 1.29 is 9.53 Å². The van der Waals surface area contributed by atoms with Crippen LogP contribution >= 0.6 is 0 Å². The van der Waals surface area contributed by atoms with Crippen molar-refractivity contribution in [3.05, 3.63) is 35.9 Å². The molecule has 1 aliphatic rings. The van der Waals surface area contributed by atoms with E-state index in [0.29, 0.717) is 19.6 Å². The van der Waals surface area contributed by atoms with E-state index in [-0.39, 0.29) is 11.9 Å². The lowest BCUT2D eigenvalue weighted by molar-refractivity contribution is -0.133. The largest absolute Gasteiger partial charge is 0.378 e. The third kappa shape index (κ3) is 4.62. The van der Waals surface area contributed by atoms with Crippen molar-refractivity contribution in [2.45, 2.75) is 32.4 Å². The zero-order chi connectivity index (χ0) is 14.2. The van der Waals surface area contributed by atoms with Crippen molar-refractivity contribution in [1.29, 1.82) is 0 Å². The number of carbonyl (C=O) groups is 1. The van der Waals surface area contributed by atoms with E-state index in [4.69, 9.17) is 4.74 Å². The number of carbonyl (C=O) groups excluding carboxylic acids is 1. The highest BCUT2D eigenvalue weighted by Gasteiger charge is 2.20. The normalized spacial score (nSPS) is 18.8. The quantitative estimate of drug-likeness (QED) is 0.861. The maximum absolute atomic E-state index is 12.4. The lowest BCUT2D eigenvalue weighted by Gasteiger charge is -2.27. The zero-order valence-electron chi connectivity index (χ0n) is 12.2. The van der Waals surface area contributed by atoms with Gasteiger partial charge in [-0.1, -0.05) is 37.3 Å². The van der Waals surface area contributed by atoms with Gasteiger partial charge in [-0.25, -0.2) is 0 Å². The molecule has 1 fully saturated rings. The molecule has 2 rings (SSSR count). The Hall–Kier alpha value is -1.39. The van der Waals surface area contributed by atoms with Crippen LogP contribution in [0.1, 0.15) is 25.3 Å². The molecule has 0 saturated carbocycles. The fourth-order valence-corrected chi connectivity index (χ4v) is 2.46. The number of nitrogens with one attached hydrogen (secondary N) is 1. The average molecular weight is 276 g/mol. The van der Waals surface area contributed by atoms with Gasteiger partial charge in [-0.05, 0) is 12.0 Å². The summed E-state index contributed by atoms with van der Waals surface area (Å²) in [4.78, 5) is 14.4. The van der Waals surface area contributed by atoms with Crippen LogP contribution in [-0.4, -0.2) is 43.2 Å². The molecule has 1 heterocycles. The van der Waals surface area contributed by atoms with Crippen LogP contribution in [-0.2, 0) is 16.1 Å². The molecule has 0 spiro atoms. The van der Waals surface area contributed by atoms with E-state index in [0.717, 1.165) is 26.1 Å². The summed E-state index contributed by atoms with van der Waals surface area (Å²) < 4.78 is 5.41. The monoisotopic (exact) mass is 276 g/mol. The van der Waals surface area contributed by atoms with Gasteiger partial charge in [0.05, 0.1) is 13.2 Å². The van der Waals surface area contributed by atoms with Crippen LogP contribution < -0.4 is 5.32 Å². The molecule has 4 nitrogen and oxygen atoms in total. The Morgan fingerprint density at radius 3 is 2.85 bits per heavy atom. The SMILES string of the molecule is CCCN(Cc1ccccc1)C(=O)CC1COCCN1. The summed E-state index contributed by atoms with van der Waals surface area (Å²) in [5.41, 5.74) is 1.18. The van der Waals surface area contributed by atoms with Gasteiger partial charge in [-0.2, -0.15) is 0 Å². The molecule has 1 saturated heterocycles. The van der Waals surface area contributed by atoms with Crippen LogP contribution in [0.2, 0.25) is 0 Å². The summed E-state index contributed by atoms with van der Waals surface area (Å²) in [6.45, 7) is 5.82. The van der Waals surface area contributed by atoms with Crippen molar-refractivity contribution in [3.63, 3.8) is 0 Å². The lowest BCUT2D eigenvalue weighted by Crippen LogP contribution is -2.45. The van der Waals surface area contributed by atoms with Crippen molar-refractivity contribution in [3.8, 4) is 0 Å². The van der Waals surface area contributed by atoms with Crippen molar-refractivity contribution in [1.82, 2.24) is 10.2 Å². The number of hydrogen-bond acceptors (Lipinski definition) is 3. The van der Waals surface area contributed by atoms with Crippen LogP contribution in [0, 0.1) is 0 Å². The zero-order valence-corrected chi connectivity index (χ0v) is 12.2. The second-order valence-corrected chi connectivity index (χ2v) is 5.23. The number of ether oxygens (including phenoxy) is 1. The first-order valence-electron chi connectivity index (χ1n) is 7.42. The minimum absolute atomic E-state index is 0.159. The summed E-state index contributed by atoms with van der Waals surface area (Å²) in [6.07, 6.45) is 1.50. The van der Waals surface area contributed by atoms with Gasteiger partial charge in [0.2, 0.25) is 5.91 Å². The molecule has 1 unspecified atom stereocenters. The summed E-state index contributed by atoms with van der Waals surface area (Å²) in [7, 11) is 0. The maximum Gasteiger partial charge on any atom is 0.224 e. The number of rotatable bonds is 6. The average Bonchev–Trinajstić information content (AvgIpc) is 2.49. The molecule has 1 aromatic carbocycles. The van der Waals surface area contributed by atoms with E-state index in [1.54, 1.807) is 0 Å². The molecule has 0 aliphatic carbocycles. The van der Waals surface area contributed by atoms with E-state index in [1.165, 1.54) is 5.56 Å². The molecule has 1 aliphatic heterocycles. The Balaban J connectivity index is 1.91. The number of hydrogen-bond donors (Lipinski definition) is 1. The molecule has 4 heteroatoms. The van der Waals surface area contributed by atoms with Crippen molar-refractivity contribution in [2.24, 2.45) is 0 Å².